The molecule has 2 heterocycles. The molecule has 0 aliphatic carbocycles. The molecule has 0 saturated carbocycles. The quantitative estimate of drug-likeness (QED) is 0.480. The van der Waals surface area contributed by atoms with Crippen LogP contribution in [0.2, 0.25) is 0 Å². The van der Waals surface area contributed by atoms with Crippen molar-refractivity contribution in [3.05, 3.63) is 84.2 Å². The van der Waals surface area contributed by atoms with Crippen LogP contribution in [0.4, 0.5) is 15.8 Å². The first-order valence-corrected chi connectivity index (χ1v) is 8.49. The number of nitrogens with one attached hydrogen (secondary N) is 1. The summed E-state index contributed by atoms with van der Waals surface area (Å²) in [5.41, 5.74) is 3.06. The molecule has 0 aliphatic rings. The molecule has 0 spiro atoms. The average molecular weight is 400 g/mol. The first-order valence-electron chi connectivity index (χ1n) is 8.11. The fraction of sp³-hybridized carbons (Fsp3) is 0.0952. The highest BCUT2D eigenvalue weighted by Crippen LogP contribution is 2.32. The van der Waals surface area contributed by atoms with E-state index in [1.54, 1.807) is 25.3 Å². The van der Waals surface area contributed by atoms with Crippen LogP contribution in [-0.2, 0) is 4.74 Å². The van der Waals surface area contributed by atoms with E-state index in [1.165, 1.54) is 25.6 Å². The van der Waals surface area contributed by atoms with Gasteiger partial charge in [0.2, 0.25) is 0 Å². The minimum Gasteiger partial charge on any atom is -0.465 e. The number of anilines is 2. The van der Waals surface area contributed by atoms with Crippen LogP contribution in [0.3, 0.4) is 0 Å². The average Bonchev–Trinajstić information content (AvgIpc) is 2.65. The topological polar surface area (TPSA) is 64.1 Å². The number of pyridine rings is 2. The molecule has 0 aromatic carbocycles. The molecule has 28 heavy (non-hydrogen) atoms. The molecule has 144 valence electrons. The molecule has 0 aliphatic heterocycles. The van der Waals surface area contributed by atoms with Gasteiger partial charge in [-0.1, -0.05) is 31.3 Å². The minimum atomic E-state index is -0.706. The molecule has 2 rings (SSSR count). The van der Waals surface area contributed by atoms with Crippen LogP contribution in [-0.4, -0.2) is 23.0 Å². The second-order valence-electron chi connectivity index (χ2n) is 5.84. The standard InChI is InChI=1S/C21H19ClFN3O2/c1-12(2)16-11-25-19(15(14(4)23)8-13(3)22)9-20(16)26-18-6-7-24-10-17(18)21(27)28-5/h6-11H,1,3-4H2,2,5H3,(H,24,25,26)/b15-8+. The molecule has 0 atom stereocenters. The lowest BCUT2D eigenvalue weighted by Crippen LogP contribution is -2.07. The highest BCUT2D eigenvalue weighted by atomic mass is 35.5. The molecular formula is C21H19ClFN3O2. The summed E-state index contributed by atoms with van der Waals surface area (Å²) in [5, 5.41) is 3.28. The zero-order chi connectivity index (χ0) is 20.8. The van der Waals surface area contributed by atoms with E-state index >= 15 is 0 Å². The predicted octanol–water partition coefficient (Wildman–Crippen LogP) is 5.66. The molecule has 0 unspecified atom stereocenters. The van der Waals surface area contributed by atoms with Crippen molar-refractivity contribution in [2.45, 2.75) is 6.92 Å². The fourth-order valence-corrected chi connectivity index (χ4v) is 2.52. The maximum atomic E-state index is 13.9. The molecule has 7 heteroatoms. The Morgan fingerprint density at radius 1 is 1.25 bits per heavy atom. The van der Waals surface area contributed by atoms with Gasteiger partial charge < -0.3 is 10.1 Å². The lowest BCUT2D eigenvalue weighted by atomic mass is 10.0. The Balaban J connectivity index is 2.60. The van der Waals surface area contributed by atoms with Crippen molar-refractivity contribution in [1.29, 1.82) is 0 Å². The summed E-state index contributed by atoms with van der Waals surface area (Å²) in [7, 11) is 1.28. The number of ether oxygens (including phenoxy) is 1. The van der Waals surface area contributed by atoms with Gasteiger partial charge in [0.15, 0.2) is 0 Å². The number of esters is 1. The van der Waals surface area contributed by atoms with Crippen LogP contribution < -0.4 is 5.32 Å². The molecule has 1 N–H and O–H groups in total. The second-order valence-corrected chi connectivity index (χ2v) is 6.33. The summed E-state index contributed by atoms with van der Waals surface area (Å²) in [4.78, 5) is 20.2. The number of nitrogens with zero attached hydrogens (tertiary/aromatic N) is 2. The molecule has 5 nitrogen and oxygen atoms in total. The lowest BCUT2D eigenvalue weighted by molar-refractivity contribution is 0.0601. The van der Waals surface area contributed by atoms with E-state index in [0.29, 0.717) is 16.9 Å². The Morgan fingerprint density at radius 2 is 1.96 bits per heavy atom. The Kier molecular flexibility index (Phi) is 6.84. The van der Waals surface area contributed by atoms with Gasteiger partial charge in [-0.05, 0) is 30.7 Å². The molecule has 0 radical (unpaired) electrons. The van der Waals surface area contributed by atoms with Crippen molar-refractivity contribution >= 4 is 40.1 Å². The van der Waals surface area contributed by atoms with Crippen LogP contribution in [0.25, 0.3) is 11.1 Å². The molecule has 0 bridgehead atoms. The van der Waals surface area contributed by atoms with E-state index in [9.17, 15) is 9.18 Å². The van der Waals surface area contributed by atoms with Gasteiger partial charge in [0.05, 0.1) is 18.5 Å². The number of hydrogen-bond acceptors (Lipinski definition) is 5. The van der Waals surface area contributed by atoms with Crippen molar-refractivity contribution in [2.24, 2.45) is 0 Å². The van der Waals surface area contributed by atoms with Crippen LogP contribution >= 0.6 is 11.6 Å². The predicted molar refractivity (Wildman–Crippen MR) is 111 cm³/mol. The third kappa shape index (κ3) is 4.92. The molecular weight excluding hydrogens is 381 g/mol. The Hall–Kier alpha value is -3.25. The summed E-state index contributed by atoms with van der Waals surface area (Å²) in [6, 6.07) is 3.24. The zero-order valence-corrected chi connectivity index (χ0v) is 16.3. The van der Waals surface area contributed by atoms with E-state index in [1.807, 2.05) is 0 Å². The molecule has 0 saturated heterocycles. The van der Waals surface area contributed by atoms with Gasteiger partial charge in [-0.15, -0.1) is 0 Å². The van der Waals surface area contributed by atoms with Gasteiger partial charge in [-0.2, -0.15) is 0 Å². The molecule has 2 aromatic rings. The largest absolute Gasteiger partial charge is 0.465 e. The number of carbonyl (C=O) groups excluding carboxylic acids is 1. The van der Waals surface area contributed by atoms with Gasteiger partial charge in [-0.25, -0.2) is 9.18 Å². The van der Waals surface area contributed by atoms with Gasteiger partial charge in [0.1, 0.15) is 11.4 Å². The summed E-state index contributed by atoms with van der Waals surface area (Å²) in [6.45, 7) is 12.6. The fourth-order valence-electron chi connectivity index (χ4n) is 2.42. The van der Waals surface area contributed by atoms with Crippen LogP contribution in [0, 0.1) is 0 Å². The number of rotatable bonds is 7. The van der Waals surface area contributed by atoms with Crippen LogP contribution in [0.15, 0.2) is 67.4 Å². The lowest BCUT2D eigenvalue weighted by Gasteiger charge is -2.16. The number of aromatic nitrogens is 2. The normalized spacial score (nSPS) is 10.9. The number of hydrogen-bond donors (Lipinski definition) is 1. The first kappa shape index (κ1) is 21.1. The molecule has 2 aromatic heterocycles. The van der Waals surface area contributed by atoms with E-state index in [2.05, 4.69) is 35.0 Å². The summed E-state index contributed by atoms with van der Waals surface area (Å²) in [5.74, 6) is -1.25. The third-order valence-corrected chi connectivity index (χ3v) is 3.84. The van der Waals surface area contributed by atoms with E-state index in [0.717, 1.165) is 5.57 Å². The van der Waals surface area contributed by atoms with Gasteiger partial charge >= 0.3 is 5.97 Å². The Labute approximate surface area is 167 Å². The Bertz CT molecular complexity index is 999. The summed E-state index contributed by atoms with van der Waals surface area (Å²) >= 11 is 5.79. The first-order chi connectivity index (χ1) is 13.2. The molecule has 0 amide bonds. The van der Waals surface area contributed by atoms with Crippen molar-refractivity contribution in [2.75, 3.05) is 12.4 Å². The van der Waals surface area contributed by atoms with Gasteiger partial charge in [-0.3, -0.25) is 9.97 Å². The third-order valence-electron chi connectivity index (χ3n) is 3.73. The number of allylic oxidation sites excluding steroid dienone is 5. The van der Waals surface area contributed by atoms with Crippen molar-refractivity contribution in [1.82, 2.24) is 9.97 Å². The van der Waals surface area contributed by atoms with E-state index in [4.69, 9.17) is 16.3 Å². The van der Waals surface area contributed by atoms with Crippen molar-refractivity contribution in [3.63, 3.8) is 0 Å². The molecule has 0 fully saturated rings. The smallest absolute Gasteiger partial charge is 0.341 e. The van der Waals surface area contributed by atoms with Gasteiger partial charge in [0, 0.05) is 40.4 Å². The SMILES string of the molecule is C=C(Cl)/C=C(\C(=C)F)c1cc(Nc2ccncc2C(=O)OC)c(C(=C)C)cn1. The Morgan fingerprint density at radius 3 is 2.54 bits per heavy atom. The highest BCUT2D eigenvalue weighted by molar-refractivity contribution is 6.31. The van der Waals surface area contributed by atoms with Crippen LogP contribution in [0.1, 0.15) is 28.5 Å². The van der Waals surface area contributed by atoms with E-state index in [-0.39, 0.29) is 21.9 Å². The monoisotopic (exact) mass is 399 g/mol. The van der Waals surface area contributed by atoms with Crippen molar-refractivity contribution < 1.29 is 13.9 Å². The number of methoxy groups -OCH3 is 1. The van der Waals surface area contributed by atoms with Crippen molar-refractivity contribution in [3.8, 4) is 0 Å². The highest BCUT2D eigenvalue weighted by Gasteiger charge is 2.16. The zero-order valence-electron chi connectivity index (χ0n) is 15.6. The number of halogens is 2. The van der Waals surface area contributed by atoms with Crippen LogP contribution in [0.5, 0.6) is 0 Å². The summed E-state index contributed by atoms with van der Waals surface area (Å²) < 4.78 is 18.7. The summed E-state index contributed by atoms with van der Waals surface area (Å²) in [6.07, 6.45) is 5.81. The number of carbonyl (C=O) groups is 1. The maximum absolute atomic E-state index is 13.9. The van der Waals surface area contributed by atoms with Gasteiger partial charge in [0.25, 0.3) is 0 Å². The van der Waals surface area contributed by atoms with E-state index < -0.39 is 11.8 Å². The maximum Gasteiger partial charge on any atom is 0.341 e. The minimum absolute atomic E-state index is 0.0965. The second kappa shape index (κ2) is 9.10.